The molecule has 0 saturated carbocycles. The smallest absolute Gasteiger partial charge is 0.320 e. The topological polar surface area (TPSA) is 79.2 Å². The van der Waals surface area contributed by atoms with Gasteiger partial charge in [0, 0.05) is 18.3 Å². The first kappa shape index (κ1) is 17.9. The van der Waals surface area contributed by atoms with E-state index < -0.39 is 12.1 Å². The van der Waals surface area contributed by atoms with Crippen molar-refractivity contribution in [2.45, 2.75) is 33.3 Å². The van der Waals surface area contributed by atoms with Crippen molar-refractivity contribution in [1.29, 1.82) is 0 Å². The van der Waals surface area contributed by atoms with Crippen molar-refractivity contribution < 1.29 is 14.3 Å². The molecule has 1 aromatic heterocycles. The summed E-state index contributed by atoms with van der Waals surface area (Å²) in [5.41, 5.74) is 1.35. The van der Waals surface area contributed by atoms with Gasteiger partial charge in [0.05, 0.1) is 11.8 Å². The number of anilines is 1. The summed E-state index contributed by atoms with van der Waals surface area (Å²) >= 11 is 0. The fourth-order valence-electron chi connectivity index (χ4n) is 2.23. The molecule has 1 aromatic carbocycles. The standard InChI is InChI=1S/C17H23FN4O2/c1-11(2)15(23)7-8-19-17(24)20-16-9-12(3)22(21-16)14-6-4-5-13(18)10-14/h4-6,9-11,15,23H,7-8H2,1-3H3,(H2,19,20,21,24). The number of benzene rings is 1. The van der Waals surface area contributed by atoms with E-state index in [2.05, 4.69) is 15.7 Å². The maximum absolute atomic E-state index is 13.3. The second-order valence-electron chi connectivity index (χ2n) is 6.04. The van der Waals surface area contributed by atoms with E-state index >= 15 is 0 Å². The molecule has 3 N–H and O–H groups in total. The third-order valence-electron chi connectivity index (χ3n) is 3.68. The van der Waals surface area contributed by atoms with Gasteiger partial charge < -0.3 is 10.4 Å². The monoisotopic (exact) mass is 334 g/mol. The normalized spacial score (nSPS) is 12.2. The molecule has 0 aliphatic rings. The van der Waals surface area contributed by atoms with Gasteiger partial charge in [-0.2, -0.15) is 0 Å². The molecule has 2 aromatic rings. The molecule has 0 saturated heterocycles. The van der Waals surface area contributed by atoms with Crippen LogP contribution in [0.1, 0.15) is 26.0 Å². The van der Waals surface area contributed by atoms with Gasteiger partial charge in [0.15, 0.2) is 5.82 Å². The highest BCUT2D eigenvalue weighted by Gasteiger charge is 2.11. The predicted octanol–water partition coefficient (Wildman–Crippen LogP) is 2.85. The van der Waals surface area contributed by atoms with Crippen LogP contribution in [0.3, 0.4) is 0 Å². The van der Waals surface area contributed by atoms with E-state index in [4.69, 9.17) is 0 Å². The molecule has 0 bridgehead atoms. The second-order valence-corrected chi connectivity index (χ2v) is 6.04. The molecule has 6 nitrogen and oxygen atoms in total. The zero-order valence-electron chi connectivity index (χ0n) is 14.1. The van der Waals surface area contributed by atoms with E-state index in [1.807, 2.05) is 20.8 Å². The lowest BCUT2D eigenvalue weighted by Crippen LogP contribution is -2.32. The lowest BCUT2D eigenvalue weighted by molar-refractivity contribution is 0.117. The number of amides is 2. The van der Waals surface area contributed by atoms with Gasteiger partial charge in [-0.25, -0.2) is 13.9 Å². The Labute approximate surface area is 140 Å². The van der Waals surface area contributed by atoms with Crippen LogP contribution in [0.2, 0.25) is 0 Å². The van der Waals surface area contributed by atoms with Crippen LogP contribution in [0.4, 0.5) is 15.0 Å². The first-order valence-electron chi connectivity index (χ1n) is 7.92. The van der Waals surface area contributed by atoms with Crippen LogP contribution in [-0.4, -0.2) is 33.6 Å². The van der Waals surface area contributed by atoms with Crippen molar-refractivity contribution in [3.05, 3.63) is 41.8 Å². The Bertz CT molecular complexity index is 700. The SMILES string of the molecule is Cc1cc(NC(=O)NCCC(O)C(C)C)nn1-c1cccc(F)c1. The van der Waals surface area contributed by atoms with E-state index in [1.54, 1.807) is 22.9 Å². The van der Waals surface area contributed by atoms with Crippen LogP contribution in [0, 0.1) is 18.7 Å². The summed E-state index contributed by atoms with van der Waals surface area (Å²) in [5, 5.41) is 19.3. The summed E-state index contributed by atoms with van der Waals surface area (Å²) in [5.74, 6) is 0.177. The lowest BCUT2D eigenvalue weighted by atomic mass is 10.0. The second kappa shape index (κ2) is 7.92. The van der Waals surface area contributed by atoms with Crippen molar-refractivity contribution in [2.75, 3.05) is 11.9 Å². The van der Waals surface area contributed by atoms with E-state index in [9.17, 15) is 14.3 Å². The third-order valence-corrected chi connectivity index (χ3v) is 3.68. The van der Waals surface area contributed by atoms with E-state index in [-0.39, 0.29) is 11.7 Å². The largest absolute Gasteiger partial charge is 0.393 e. The molecule has 1 unspecified atom stereocenters. The Balaban J connectivity index is 1.94. The molecule has 130 valence electrons. The number of aryl methyl sites for hydroxylation is 1. The molecule has 0 aliphatic heterocycles. The zero-order valence-corrected chi connectivity index (χ0v) is 14.1. The Morgan fingerprint density at radius 2 is 2.12 bits per heavy atom. The van der Waals surface area contributed by atoms with Crippen LogP contribution in [0.15, 0.2) is 30.3 Å². The molecule has 0 aliphatic carbocycles. The predicted molar refractivity (Wildman–Crippen MR) is 90.7 cm³/mol. The minimum atomic E-state index is -0.445. The summed E-state index contributed by atoms with van der Waals surface area (Å²) in [4.78, 5) is 11.9. The van der Waals surface area contributed by atoms with E-state index in [0.29, 0.717) is 24.5 Å². The summed E-state index contributed by atoms with van der Waals surface area (Å²) in [6.45, 7) is 6.04. The molecule has 0 fully saturated rings. The Kier molecular flexibility index (Phi) is 5.92. The molecule has 24 heavy (non-hydrogen) atoms. The highest BCUT2D eigenvalue weighted by atomic mass is 19.1. The third kappa shape index (κ3) is 4.79. The van der Waals surface area contributed by atoms with Crippen molar-refractivity contribution in [2.24, 2.45) is 5.92 Å². The van der Waals surface area contributed by atoms with Crippen LogP contribution in [0.5, 0.6) is 0 Å². The highest BCUT2D eigenvalue weighted by molar-refractivity contribution is 5.88. The minimum absolute atomic E-state index is 0.152. The molecule has 0 spiro atoms. The molecule has 2 rings (SSSR count). The zero-order chi connectivity index (χ0) is 17.7. The molecule has 7 heteroatoms. The average Bonchev–Trinajstić information content (AvgIpc) is 2.87. The number of carbonyl (C=O) groups is 1. The van der Waals surface area contributed by atoms with Crippen LogP contribution < -0.4 is 10.6 Å². The molecule has 1 heterocycles. The Hall–Kier alpha value is -2.41. The van der Waals surface area contributed by atoms with Gasteiger partial charge in [-0.3, -0.25) is 5.32 Å². The maximum atomic E-state index is 13.3. The van der Waals surface area contributed by atoms with Gasteiger partial charge in [0.1, 0.15) is 5.82 Å². The van der Waals surface area contributed by atoms with Crippen molar-refractivity contribution >= 4 is 11.8 Å². The molecule has 1 atom stereocenters. The average molecular weight is 334 g/mol. The number of nitrogens with zero attached hydrogens (tertiary/aromatic N) is 2. The number of hydrogen-bond donors (Lipinski definition) is 3. The molecule has 2 amide bonds. The van der Waals surface area contributed by atoms with Crippen LogP contribution in [0.25, 0.3) is 5.69 Å². The van der Waals surface area contributed by atoms with Crippen molar-refractivity contribution in [1.82, 2.24) is 15.1 Å². The molecular weight excluding hydrogens is 311 g/mol. The molecule has 0 radical (unpaired) electrons. The summed E-state index contributed by atoms with van der Waals surface area (Å²) in [7, 11) is 0. The van der Waals surface area contributed by atoms with Gasteiger partial charge in [0.2, 0.25) is 0 Å². The number of halogens is 1. The molecular formula is C17H23FN4O2. The number of rotatable bonds is 6. The number of aliphatic hydroxyl groups excluding tert-OH is 1. The van der Waals surface area contributed by atoms with Gasteiger partial charge >= 0.3 is 6.03 Å². The van der Waals surface area contributed by atoms with Gasteiger partial charge in [0.25, 0.3) is 0 Å². The Morgan fingerprint density at radius 3 is 2.79 bits per heavy atom. The number of nitrogens with one attached hydrogen (secondary N) is 2. The number of carbonyl (C=O) groups excluding carboxylic acids is 1. The lowest BCUT2D eigenvalue weighted by Gasteiger charge is -2.14. The number of aromatic nitrogens is 2. The number of aliphatic hydroxyl groups is 1. The van der Waals surface area contributed by atoms with Crippen LogP contribution >= 0.6 is 0 Å². The van der Waals surface area contributed by atoms with Crippen molar-refractivity contribution in [3.63, 3.8) is 0 Å². The van der Waals surface area contributed by atoms with Crippen molar-refractivity contribution in [3.8, 4) is 5.69 Å². The number of urea groups is 1. The van der Waals surface area contributed by atoms with E-state index in [1.165, 1.54) is 12.1 Å². The first-order chi connectivity index (χ1) is 11.4. The quantitative estimate of drug-likeness (QED) is 0.760. The van der Waals surface area contributed by atoms with Gasteiger partial charge in [-0.05, 0) is 37.5 Å². The van der Waals surface area contributed by atoms with Crippen LogP contribution in [-0.2, 0) is 0 Å². The van der Waals surface area contributed by atoms with Gasteiger partial charge in [-0.1, -0.05) is 19.9 Å². The van der Waals surface area contributed by atoms with E-state index in [0.717, 1.165) is 5.69 Å². The summed E-state index contributed by atoms with van der Waals surface area (Å²) in [6, 6.07) is 7.38. The fraction of sp³-hybridized carbons (Fsp3) is 0.412. The number of hydrogen-bond acceptors (Lipinski definition) is 3. The highest BCUT2D eigenvalue weighted by Crippen LogP contribution is 2.15. The fourth-order valence-corrected chi connectivity index (χ4v) is 2.23. The summed E-state index contributed by atoms with van der Waals surface area (Å²) < 4.78 is 14.9. The maximum Gasteiger partial charge on any atom is 0.320 e. The summed E-state index contributed by atoms with van der Waals surface area (Å²) in [6.07, 6.45) is 0.0432. The first-order valence-corrected chi connectivity index (χ1v) is 7.92. The van der Waals surface area contributed by atoms with Gasteiger partial charge in [-0.15, -0.1) is 5.10 Å². The Morgan fingerprint density at radius 1 is 1.38 bits per heavy atom. The minimum Gasteiger partial charge on any atom is -0.393 e.